The highest BCUT2D eigenvalue weighted by Crippen LogP contribution is 2.61. The van der Waals surface area contributed by atoms with E-state index in [9.17, 15) is 38.7 Å². The summed E-state index contributed by atoms with van der Waals surface area (Å²) in [5.74, 6) is 0. The predicted molar refractivity (Wildman–Crippen MR) is 89.2 cm³/mol. The van der Waals surface area contributed by atoms with Crippen molar-refractivity contribution in [3.8, 4) is 0 Å². The van der Waals surface area contributed by atoms with Gasteiger partial charge in [0.1, 0.15) is 25.9 Å². The van der Waals surface area contributed by atoms with E-state index < -0.39 is 63.0 Å². The topological polar surface area (TPSA) is 203 Å². The van der Waals surface area contributed by atoms with Gasteiger partial charge in [-0.3, -0.25) is 23.2 Å². The van der Waals surface area contributed by atoms with E-state index in [4.69, 9.17) is 4.74 Å². The number of nitrogens with one attached hydrogen (secondary N) is 1. The lowest BCUT2D eigenvalue weighted by atomic mass is 10.1. The highest BCUT2D eigenvalue weighted by atomic mass is 31.3. The van der Waals surface area contributed by atoms with Crippen LogP contribution in [0.3, 0.4) is 0 Å². The molecule has 6 atom stereocenters. The summed E-state index contributed by atoms with van der Waals surface area (Å²) in [4.78, 5) is 48.4. The summed E-state index contributed by atoms with van der Waals surface area (Å²) in [5.41, 5.74) is -1.62. The molecule has 0 aliphatic carbocycles. The first kappa shape index (κ1) is 23.1. The van der Waals surface area contributed by atoms with Crippen molar-refractivity contribution < 1.29 is 42.7 Å². The molecule has 1 aromatic rings. The Bertz CT molecular complexity index is 920. The van der Waals surface area contributed by atoms with Crippen LogP contribution in [-0.4, -0.2) is 49.8 Å². The van der Waals surface area contributed by atoms with Gasteiger partial charge in [0, 0.05) is 17.4 Å². The van der Waals surface area contributed by atoms with Gasteiger partial charge in [0.15, 0.2) is 6.23 Å². The molecule has 2 rings (SSSR count). The maximum atomic E-state index is 11.8. The third-order valence-electron chi connectivity index (χ3n) is 3.89. The van der Waals surface area contributed by atoms with Crippen molar-refractivity contribution in [2.45, 2.75) is 50.5 Å². The largest absolute Gasteiger partial charge is 0.778 e. The normalized spacial score (nSPS) is 30.0. The lowest BCUT2D eigenvalue weighted by Crippen LogP contribution is -2.37. The van der Waals surface area contributed by atoms with Crippen LogP contribution in [0.4, 0.5) is 0 Å². The number of nitrogens with zero attached hydrogens (tertiary/aromatic N) is 1. The molecule has 0 bridgehead atoms. The van der Waals surface area contributed by atoms with Gasteiger partial charge in [-0.2, -0.15) is 0 Å². The quantitative estimate of drug-likeness (QED) is 0.411. The van der Waals surface area contributed by atoms with E-state index in [1.165, 1.54) is 20.8 Å². The van der Waals surface area contributed by atoms with E-state index >= 15 is 0 Å². The average Bonchev–Trinajstić information content (AvgIpc) is 2.79. The second kappa shape index (κ2) is 7.94. The van der Waals surface area contributed by atoms with E-state index in [0.29, 0.717) is 0 Å². The summed E-state index contributed by atoms with van der Waals surface area (Å²) in [7, 11) is -10.2. The monoisotopic (exact) mass is 442 g/mol. The Morgan fingerprint density at radius 2 is 1.86 bits per heavy atom. The van der Waals surface area contributed by atoms with Gasteiger partial charge in [0.2, 0.25) is 0 Å². The fourth-order valence-corrected chi connectivity index (χ4v) is 4.72. The molecule has 0 spiro atoms. The van der Waals surface area contributed by atoms with Crippen molar-refractivity contribution >= 4 is 15.4 Å². The summed E-state index contributed by atoms with van der Waals surface area (Å²) in [6.07, 6.45) is -5.20. The molecule has 1 aliphatic heterocycles. The van der Waals surface area contributed by atoms with Crippen LogP contribution in [0.5, 0.6) is 0 Å². The molecule has 3 N–H and O–H groups in total. The number of aromatic amines is 1. The Morgan fingerprint density at radius 3 is 2.39 bits per heavy atom. The number of rotatable bonds is 6. The van der Waals surface area contributed by atoms with Crippen LogP contribution in [0.15, 0.2) is 21.9 Å². The standard InChI is InChI=1S/C13H22N2O11P2/c1-13(2,3)27(20,21)26-28(22,23)24-6-7-9(17)10(18)11(25-7)15-5-4-8(16)14-12(15)19/h4-5,7,9-11,17-18H,6H2,1-3H3,(H,20,21)(H,22,23)(H,14,16,19)/p-2/t7-,9+,10?,11-/m1/s1. The molecule has 0 amide bonds. The first-order valence-electron chi connectivity index (χ1n) is 7.96. The minimum atomic E-state index is -5.33. The highest BCUT2D eigenvalue weighted by Gasteiger charge is 2.45. The van der Waals surface area contributed by atoms with E-state index in [1.807, 2.05) is 4.98 Å². The Kier molecular flexibility index (Phi) is 6.56. The Hall–Kier alpha value is -1.14. The van der Waals surface area contributed by atoms with E-state index in [2.05, 4.69) is 8.83 Å². The van der Waals surface area contributed by atoms with Crippen molar-refractivity contribution in [3.63, 3.8) is 0 Å². The van der Waals surface area contributed by atoms with Crippen LogP contribution in [0.25, 0.3) is 0 Å². The van der Waals surface area contributed by atoms with Gasteiger partial charge in [-0.05, 0) is 0 Å². The van der Waals surface area contributed by atoms with Crippen molar-refractivity contribution in [2.75, 3.05) is 6.61 Å². The Balaban J connectivity index is 2.09. The van der Waals surface area contributed by atoms with Gasteiger partial charge in [0.05, 0.1) is 6.61 Å². The molecule has 0 radical (unpaired) electrons. The third-order valence-corrected chi connectivity index (χ3v) is 7.66. The second-order valence-electron chi connectivity index (χ2n) is 7.06. The molecule has 160 valence electrons. The number of aliphatic hydroxyl groups is 2. The van der Waals surface area contributed by atoms with E-state index in [-0.39, 0.29) is 0 Å². The van der Waals surface area contributed by atoms with Crippen LogP contribution in [0, 0.1) is 0 Å². The maximum absolute atomic E-state index is 11.8. The highest BCUT2D eigenvalue weighted by molar-refractivity contribution is 7.63. The lowest BCUT2D eigenvalue weighted by Gasteiger charge is -2.39. The molecule has 1 aliphatic rings. The van der Waals surface area contributed by atoms with Crippen molar-refractivity contribution in [2.24, 2.45) is 0 Å². The summed E-state index contributed by atoms with van der Waals surface area (Å²) < 4.78 is 38.3. The molecule has 28 heavy (non-hydrogen) atoms. The number of ether oxygens (including phenoxy) is 1. The van der Waals surface area contributed by atoms with Crippen LogP contribution in [0.2, 0.25) is 0 Å². The SMILES string of the molecule is CC(C)(C)P(=O)([O-])OP(=O)([O-])OC[C@H]1O[C@@H](n2ccc(=O)[nH]c2=O)C(O)[C@H]1O. The molecular formula is C13H20N2O11P2-2. The fourth-order valence-electron chi connectivity index (χ4n) is 2.17. The molecular weight excluding hydrogens is 422 g/mol. The maximum Gasteiger partial charge on any atom is 0.330 e. The summed E-state index contributed by atoms with van der Waals surface area (Å²) in [5, 5.41) is 18.5. The molecule has 13 nitrogen and oxygen atoms in total. The van der Waals surface area contributed by atoms with Gasteiger partial charge in [-0.25, -0.2) is 4.79 Å². The smallest absolute Gasteiger partial charge is 0.330 e. The molecule has 15 heteroatoms. The number of hydrogen-bond donors (Lipinski definition) is 3. The number of phosphoric ester groups is 1. The molecule has 2 heterocycles. The zero-order valence-corrected chi connectivity index (χ0v) is 16.9. The zero-order valence-electron chi connectivity index (χ0n) is 15.1. The van der Waals surface area contributed by atoms with E-state index in [1.54, 1.807) is 0 Å². The number of phosphoric acid groups is 1. The van der Waals surface area contributed by atoms with Crippen LogP contribution in [-0.2, 0) is 22.7 Å². The second-order valence-corrected chi connectivity index (χ2v) is 11.2. The molecule has 0 aromatic carbocycles. The van der Waals surface area contributed by atoms with Gasteiger partial charge in [0.25, 0.3) is 13.4 Å². The van der Waals surface area contributed by atoms with Crippen molar-refractivity contribution in [3.05, 3.63) is 33.1 Å². The van der Waals surface area contributed by atoms with Crippen LogP contribution >= 0.6 is 15.4 Å². The lowest BCUT2D eigenvalue weighted by molar-refractivity contribution is -0.235. The molecule has 1 aromatic heterocycles. The number of aromatic nitrogens is 2. The first-order valence-corrected chi connectivity index (χ1v) is 11.0. The zero-order chi connectivity index (χ0) is 21.5. The Morgan fingerprint density at radius 1 is 1.25 bits per heavy atom. The number of H-pyrrole nitrogens is 1. The summed E-state index contributed by atoms with van der Waals surface area (Å²) in [6.45, 7) is 2.80. The molecule has 0 saturated carbocycles. The molecule has 1 saturated heterocycles. The predicted octanol–water partition coefficient (Wildman–Crippen LogP) is -1.99. The van der Waals surface area contributed by atoms with Gasteiger partial charge in [-0.15, -0.1) is 0 Å². The minimum Gasteiger partial charge on any atom is -0.778 e. The first-order chi connectivity index (χ1) is 12.6. The van der Waals surface area contributed by atoms with Gasteiger partial charge >= 0.3 is 5.69 Å². The van der Waals surface area contributed by atoms with Gasteiger partial charge in [-0.1, -0.05) is 20.8 Å². The number of aliphatic hydroxyl groups excluding tert-OH is 2. The van der Waals surface area contributed by atoms with Crippen molar-refractivity contribution in [1.29, 1.82) is 0 Å². The fraction of sp³-hybridized carbons (Fsp3) is 0.692. The molecule has 1 fully saturated rings. The van der Waals surface area contributed by atoms with E-state index in [0.717, 1.165) is 16.8 Å². The molecule has 3 unspecified atom stereocenters. The average molecular weight is 442 g/mol. The van der Waals surface area contributed by atoms with Crippen molar-refractivity contribution in [1.82, 2.24) is 9.55 Å². The summed E-state index contributed by atoms with van der Waals surface area (Å²) >= 11 is 0. The summed E-state index contributed by atoms with van der Waals surface area (Å²) in [6, 6.07) is 0.978. The van der Waals surface area contributed by atoms with Crippen LogP contribution < -0.4 is 21.0 Å². The number of hydrogen-bond acceptors (Lipinski definition) is 11. The Labute approximate surface area is 158 Å². The van der Waals surface area contributed by atoms with Gasteiger partial charge < -0.3 is 33.8 Å². The van der Waals surface area contributed by atoms with Crippen LogP contribution in [0.1, 0.15) is 27.0 Å². The third kappa shape index (κ3) is 5.07. The minimum absolute atomic E-state index is 0.695.